The second-order valence-electron chi connectivity index (χ2n) is 11.1. The van der Waals surface area contributed by atoms with Crippen molar-refractivity contribution in [2.24, 2.45) is 0 Å². The molecule has 1 amide bonds. The quantitative estimate of drug-likeness (QED) is 0.328. The van der Waals surface area contributed by atoms with Crippen molar-refractivity contribution in [3.63, 3.8) is 0 Å². The van der Waals surface area contributed by atoms with E-state index in [-0.39, 0.29) is 30.7 Å². The van der Waals surface area contributed by atoms with Gasteiger partial charge in [0.1, 0.15) is 12.4 Å². The standard InChI is InChI=1S/C28H27F3N4O5/c1-4-28(39)15-7-19-22-13(9-35(19)23(36)14(15)10-40-26(28)38)21-17(34-25(37)27(3,32)24(30)31)6-5-12-11(2)16(29)8-18(33-22)20(12)21/h7-8,17,24,39H,4-6,9-10,32H2,1-3H3,(H,34,37)/p+1/t17-,27?,28-/m0/s1. The first-order chi connectivity index (χ1) is 18.8. The Labute approximate surface area is 226 Å². The highest BCUT2D eigenvalue weighted by molar-refractivity contribution is 5.94. The molecule has 0 radical (unpaired) electrons. The Morgan fingerprint density at radius 2 is 2.05 bits per heavy atom. The number of hydrogen-bond acceptors (Lipinski definition) is 6. The zero-order valence-electron chi connectivity index (χ0n) is 22.2. The van der Waals surface area contributed by atoms with Crippen molar-refractivity contribution in [3.8, 4) is 11.4 Å². The first-order valence-electron chi connectivity index (χ1n) is 13.1. The molecule has 3 aliphatic rings. The van der Waals surface area contributed by atoms with E-state index in [4.69, 9.17) is 9.72 Å². The van der Waals surface area contributed by atoms with E-state index in [9.17, 15) is 32.7 Å². The average molecular weight is 558 g/mol. The van der Waals surface area contributed by atoms with Gasteiger partial charge in [-0.2, -0.15) is 0 Å². The summed E-state index contributed by atoms with van der Waals surface area (Å²) in [6, 6.07) is 2.11. The fourth-order valence-electron chi connectivity index (χ4n) is 6.12. The van der Waals surface area contributed by atoms with E-state index in [1.165, 1.54) is 10.6 Å². The highest BCUT2D eigenvalue weighted by Gasteiger charge is 2.47. The SMILES string of the molecule is CC[C@@]1(O)C(=O)OCc2c1cc1n(c2=O)Cc2c-1nc1cc(F)c(C)c3c1c2[C@@H](NC(=O)C(C)([NH3+])C(F)F)CC3. The predicted octanol–water partition coefficient (Wildman–Crippen LogP) is 1.90. The van der Waals surface area contributed by atoms with Gasteiger partial charge in [-0.25, -0.2) is 22.9 Å². The van der Waals surface area contributed by atoms with Gasteiger partial charge in [0.15, 0.2) is 5.60 Å². The number of rotatable bonds is 4. The van der Waals surface area contributed by atoms with Crippen molar-refractivity contribution in [2.75, 3.05) is 0 Å². The summed E-state index contributed by atoms with van der Waals surface area (Å²) in [5, 5.41) is 14.5. The topological polar surface area (TPSA) is 138 Å². The van der Waals surface area contributed by atoms with Crippen LogP contribution in [0.15, 0.2) is 16.9 Å². The maximum absolute atomic E-state index is 15.0. The summed E-state index contributed by atoms with van der Waals surface area (Å²) in [6.45, 7) is 4.07. The molecule has 12 heteroatoms. The van der Waals surface area contributed by atoms with Crippen LogP contribution in [0.4, 0.5) is 13.2 Å². The summed E-state index contributed by atoms with van der Waals surface area (Å²) in [4.78, 5) is 43.8. The molecule has 0 fully saturated rings. The van der Waals surface area contributed by atoms with Gasteiger partial charge in [0.05, 0.1) is 35.1 Å². The van der Waals surface area contributed by atoms with Crippen LogP contribution in [0.3, 0.4) is 0 Å². The predicted molar refractivity (Wildman–Crippen MR) is 136 cm³/mol. The third kappa shape index (κ3) is 3.41. The van der Waals surface area contributed by atoms with Gasteiger partial charge in [-0.05, 0) is 48.9 Å². The first kappa shape index (κ1) is 26.5. The summed E-state index contributed by atoms with van der Waals surface area (Å²) in [5.74, 6) is -2.25. The molecular formula is C28H28F3N4O5+. The number of carbonyl (C=O) groups is 2. The van der Waals surface area contributed by atoms with Crippen LogP contribution in [0.5, 0.6) is 0 Å². The lowest BCUT2D eigenvalue weighted by Crippen LogP contribution is -2.80. The van der Waals surface area contributed by atoms with Gasteiger partial charge >= 0.3 is 12.4 Å². The van der Waals surface area contributed by atoms with Crippen LogP contribution in [-0.2, 0) is 39.5 Å². The minimum Gasteiger partial charge on any atom is -0.458 e. The van der Waals surface area contributed by atoms with Crippen LogP contribution in [0.2, 0.25) is 0 Å². The van der Waals surface area contributed by atoms with Crippen molar-refractivity contribution in [3.05, 3.63) is 61.7 Å². The molecule has 5 N–H and O–H groups in total. The first-order valence-corrected chi connectivity index (χ1v) is 13.1. The fourth-order valence-corrected chi connectivity index (χ4v) is 6.12. The number of nitrogens with zero attached hydrogens (tertiary/aromatic N) is 2. The number of aliphatic hydroxyl groups is 1. The van der Waals surface area contributed by atoms with Crippen LogP contribution in [0.25, 0.3) is 22.3 Å². The lowest BCUT2D eigenvalue weighted by atomic mass is 9.81. The summed E-state index contributed by atoms with van der Waals surface area (Å²) in [5.41, 5.74) is 2.28. The molecule has 3 atom stereocenters. The Bertz CT molecular complexity index is 1720. The molecular weight excluding hydrogens is 529 g/mol. The van der Waals surface area contributed by atoms with Gasteiger partial charge in [-0.3, -0.25) is 9.59 Å². The molecule has 1 unspecified atom stereocenters. The zero-order valence-corrected chi connectivity index (χ0v) is 22.2. The number of ether oxygens (including phenoxy) is 1. The maximum atomic E-state index is 15.0. The smallest absolute Gasteiger partial charge is 0.343 e. The number of esters is 1. The third-order valence-electron chi connectivity index (χ3n) is 8.68. The third-order valence-corrected chi connectivity index (χ3v) is 8.68. The summed E-state index contributed by atoms with van der Waals surface area (Å²) in [6.07, 6.45) is -2.33. The number of alkyl halides is 2. The molecule has 1 aliphatic carbocycles. The molecule has 210 valence electrons. The van der Waals surface area contributed by atoms with Gasteiger partial charge in [0.25, 0.3) is 11.5 Å². The number of nitrogens with one attached hydrogen (secondary N) is 1. The second kappa shape index (κ2) is 8.61. The summed E-state index contributed by atoms with van der Waals surface area (Å²) >= 11 is 0. The van der Waals surface area contributed by atoms with E-state index in [2.05, 4.69) is 11.1 Å². The molecule has 2 aliphatic heterocycles. The number of cyclic esters (lactones) is 1. The van der Waals surface area contributed by atoms with Crippen molar-refractivity contribution >= 4 is 22.8 Å². The molecule has 1 aromatic carbocycles. The molecule has 2 aromatic heterocycles. The van der Waals surface area contributed by atoms with E-state index in [0.717, 1.165) is 6.92 Å². The number of aryl methyl sites for hydroxylation is 1. The number of pyridine rings is 2. The largest absolute Gasteiger partial charge is 0.458 e. The molecule has 3 aromatic rings. The highest BCUT2D eigenvalue weighted by Crippen LogP contribution is 2.46. The fraction of sp³-hybridized carbons (Fsp3) is 0.429. The molecule has 4 heterocycles. The molecule has 0 saturated carbocycles. The summed E-state index contributed by atoms with van der Waals surface area (Å²) in [7, 11) is 0. The number of quaternary nitrogens is 1. The lowest BCUT2D eigenvalue weighted by molar-refractivity contribution is -0.475. The number of benzene rings is 1. The monoisotopic (exact) mass is 557 g/mol. The van der Waals surface area contributed by atoms with Crippen LogP contribution < -0.4 is 16.6 Å². The number of amides is 1. The van der Waals surface area contributed by atoms with Crippen molar-refractivity contribution in [2.45, 2.75) is 76.8 Å². The Kier molecular flexibility index (Phi) is 5.70. The summed E-state index contributed by atoms with van der Waals surface area (Å²) < 4.78 is 48.8. The lowest BCUT2D eigenvalue weighted by Gasteiger charge is -2.31. The minimum absolute atomic E-state index is 0.0269. The Morgan fingerprint density at radius 1 is 1.32 bits per heavy atom. The van der Waals surface area contributed by atoms with Crippen LogP contribution in [-0.4, -0.2) is 38.5 Å². The van der Waals surface area contributed by atoms with Gasteiger partial charge in [-0.15, -0.1) is 0 Å². The van der Waals surface area contributed by atoms with E-state index in [1.807, 2.05) is 0 Å². The van der Waals surface area contributed by atoms with Crippen molar-refractivity contribution in [1.29, 1.82) is 0 Å². The van der Waals surface area contributed by atoms with Crippen molar-refractivity contribution < 1.29 is 38.3 Å². The van der Waals surface area contributed by atoms with Gasteiger partial charge in [0.2, 0.25) is 5.54 Å². The van der Waals surface area contributed by atoms with E-state index >= 15 is 0 Å². The minimum atomic E-state index is -3.00. The van der Waals surface area contributed by atoms with E-state index < -0.39 is 46.9 Å². The number of aromatic nitrogens is 2. The number of carbonyl (C=O) groups excluding carboxylic acids is 2. The number of hydrogen-bond donors (Lipinski definition) is 3. The molecule has 0 saturated heterocycles. The Balaban J connectivity index is 1.61. The Morgan fingerprint density at radius 3 is 2.73 bits per heavy atom. The average Bonchev–Trinajstić information content (AvgIpc) is 3.28. The Hall–Kier alpha value is -3.77. The van der Waals surface area contributed by atoms with Gasteiger partial charge in [-0.1, -0.05) is 6.92 Å². The van der Waals surface area contributed by atoms with E-state index in [0.29, 0.717) is 57.4 Å². The normalized spacial score (nSPS) is 22.4. The number of halogens is 3. The van der Waals surface area contributed by atoms with Crippen LogP contribution >= 0.6 is 0 Å². The maximum Gasteiger partial charge on any atom is 0.343 e. The zero-order chi connectivity index (χ0) is 28.9. The van der Waals surface area contributed by atoms with Gasteiger partial charge < -0.3 is 25.5 Å². The van der Waals surface area contributed by atoms with Gasteiger partial charge in [0, 0.05) is 29.5 Å². The molecule has 0 spiro atoms. The van der Waals surface area contributed by atoms with Crippen LogP contribution in [0.1, 0.15) is 66.1 Å². The van der Waals surface area contributed by atoms with Crippen LogP contribution in [0, 0.1) is 12.7 Å². The molecule has 9 nitrogen and oxygen atoms in total. The van der Waals surface area contributed by atoms with E-state index in [1.54, 1.807) is 19.9 Å². The molecule has 40 heavy (non-hydrogen) atoms. The second-order valence-corrected chi connectivity index (χ2v) is 11.1. The van der Waals surface area contributed by atoms with Crippen molar-refractivity contribution in [1.82, 2.24) is 14.9 Å². The highest BCUT2D eigenvalue weighted by atomic mass is 19.3. The molecule has 0 bridgehead atoms. The number of fused-ring (bicyclic) bond motifs is 5. The molecule has 6 rings (SSSR count).